The number of benzene rings is 2. The highest BCUT2D eigenvalue weighted by Gasteiger charge is 2.36. The molecule has 162 valence electrons. The lowest BCUT2D eigenvalue weighted by atomic mass is 9.89. The number of methoxy groups -OCH3 is 2. The fourth-order valence-electron chi connectivity index (χ4n) is 4.21. The maximum absolute atomic E-state index is 6.44. The molecule has 3 rings (SSSR count). The Morgan fingerprint density at radius 1 is 1.13 bits per heavy atom. The second-order valence-corrected chi connectivity index (χ2v) is 8.46. The molecular formula is C26H34O4. The van der Waals surface area contributed by atoms with Crippen LogP contribution in [0.3, 0.4) is 0 Å². The molecule has 4 nitrogen and oxygen atoms in total. The molecule has 0 unspecified atom stereocenters. The van der Waals surface area contributed by atoms with E-state index in [0.717, 1.165) is 48.3 Å². The first-order valence-corrected chi connectivity index (χ1v) is 10.6. The van der Waals surface area contributed by atoms with Crippen LogP contribution in [0.4, 0.5) is 0 Å². The topological polar surface area (TPSA) is 36.9 Å². The van der Waals surface area contributed by atoms with E-state index in [9.17, 15) is 0 Å². The van der Waals surface area contributed by atoms with Crippen molar-refractivity contribution in [3.8, 4) is 11.5 Å². The van der Waals surface area contributed by atoms with Gasteiger partial charge in [0.2, 0.25) is 0 Å². The Morgan fingerprint density at radius 2 is 1.83 bits per heavy atom. The third-order valence-electron chi connectivity index (χ3n) is 5.69. The summed E-state index contributed by atoms with van der Waals surface area (Å²) >= 11 is 0. The maximum atomic E-state index is 6.44. The summed E-state index contributed by atoms with van der Waals surface area (Å²) < 4.78 is 23.7. The lowest BCUT2D eigenvalue weighted by Gasteiger charge is -2.23. The molecule has 0 amide bonds. The van der Waals surface area contributed by atoms with Gasteiger partial charge in [0.1, 0.15) is 23.7 Å². The molecule has 0 N–H and O–H groups in total. The molecule has 0 saturated carbocycles. The minimum absolute atomic E-state index is 0.229. The highest BCUT2D eigenvalue weighted by Crippen LogP contribution is 2.47. The van der Waals surface area contributed by atoms with Crippen LogP contribution in [0.2, 0.25) is 0 Å². The Balaban J connectivity index is 2.04. The van der Waals surface area contributed by atoms with Gasteiger partial charge in [0, 0.05) is 43.8 Å². The maximum Gasteiger partial charge on any atom is 0.157 e. The summed E-state index contributed by atoms with van der Waals surface area (Å²) in [4.78, 5) is 0. The number of fused-ring (bicyclic) bond motifs is 1. The number of rotatable bonds is 10. The number of hydrogen-bond acceptors (Lipinski definition) is 4. The molecule has 2 aromatic carbocycles. The lowest BCUT2D eigenvalue weighted by molar-refractivity contribution is -0.105. The van der Waals surface area contributed by atoms with Gasteiger partial charge in [-0.15, -0.1) is 6.58 Å². The van der Waals surface area contributed by atoms with Gasteiger partial charge in [-0.25, -0.2) is 0 Å². The molecule has 0 radical (unpaired) electrons. The fourth-order valence-corrected chi connectivity index (χ4v) is 4.21. The van der Waals surface area contributed by atoms with E-state index in [0.29, 0.717) is 6.61 Å². The van der Waals surface area contributed by atoms with E-state index < -0.39 is 0 Å². The molecule has 0 spiro atoms. The molecular weight excluding hydrogens is 376 g/mol. The van der Waals surface area contributed by atoms with Crippen molar-refractivity contribution < 1.29 is 18.9 Å². The van der Waals surface area contributed by atoms with Gasteiger partial charge in [-0.2, -0.15) is 0 Å². The van der Waals surface area contributed by atoms with Crippen molar-refractivity contribution in [2.75, 3.05) is 14.2 Å². The van der Waals surface area contributed by atoms with Crippen LogP contribution in [0.1, 0.15) is 48.1 Å². The summed E-state index contributed by atoms with van der Waals surface area (Å²) in [6.07, 6.45) is 4.81. The summed E-state index contributed by atoms with van der Waals surface area (Å²) in [5.74, 6) is 1.97. The molecule has 0 bridgehead atoms. The first kappa shape index (κ1) is 22.4. The Kier molecular flexibility index (Phi) is 7.22. The van der Waals surface area contributed by atoms with Crippen LogP contribution in [0, 0.1) is 6.92 Å². The monoisotopic (exact) mass is 410 g/mol. The van der Waals surface area contributed by atoms with E-state index >= 15 is 0 Å². The van der Waals surface area contributed by atoms with E-state index in [1.807, 2.05) is 24.3 Å². The average molecular weight is 411 g/mol. The van der Waals surface area contributed by atoms with Gasteiger partial charge >= 0.3 is 0 Å². The van der Waals surface area contributed by atoms with Gasteiger partial charge in [-0.3, -0.25) is 0 Å². The standard InChI is InChI=1S/C26H34O4/c1-7-11-20-21(14-15-23(27-5)28-6)25-22(16-26(3,4)30-25)18(2)24(20)29-17-19-12-9-8-10-13-19/h7-10,12-13,23H,1,11,14-17H2,2-6H3. The summed E-state index contributed by atoms with van der Waals surface area (Å²) in [7, 11) is 3.35. The zero-order valence-electron chi connectivity index (χ0n) is 18.9. The molecule has 1 aliphatic rings. The van der Waals surface area contributed by atoms with Crippen molar-refractivity contribution >= 4 is 0 Å². The van der Waals surface area contributed by atoms with Crippen molar-refractivity contribution in [2.45, 2.75) is 65.0 Å². The molecule has 1 heterocycles. The van der Waals surface area contributed by atoms with Crippen LogP contribution >= 0.6 is 0 Å². The summed E-state index contributed by atoms with van der Waals surface area (Å²) in [6.45, 7) is 11.0. The number of allylic oxidation sites excluding steroid dienone is 1. The Hall–Kier alpha value is -2.30. The molecule has 4 heteroatoms. The van der Waals surface area contributed by atoms with Gasteiger partial charge in [0.05, 0.1) is 0 Å². The van der Waals surface area contributed by atoms with Gasteiger partial charge in [0.25, 0.3) is 0 Å². The van der Waals surface area contributed by atoms with Gasteiger partial charge < -0.3 is 18.9 Å². The second-order valence-electron chi connectivity index (χ2n) is 8.46. The van der Waals surface area contributed by atoms with Crippen LogP contribution in [-0.2, 0) is 35.3 Å². The molecule has 0 atom stereocenters. The lowest BCUT2D eigenvalue weighted by Crippen LogP contribution is -2.25. The van der Waals surface area contributed by atoms with Crippen LogP contribution < -0.4 is 9.47 Å². The Labute approximate surface area is 180 Å². The Bertz CT molecular complexity index is 867. The number of hydrogen-bond donors (Lipinski definition) is 0. The quantitative estimate of drug-likeness (QED) is 0.379. The van der Waals surface area contributed by atoms with E-state index in [1.165, 1.54) is 16.7 Å². The molecule has 2 aromatic rings. The first-order chi connectivity index (χ1) is 14.4. The van der Waals surface area contributed by atoms with Crippen molar-refractivity contribution in [1.82, 2.24) is 0 Å². The smallest absolute Gasteiger partial charge is 0.157 e. The minimum atomic E-state index is -0.248. The van der Waals surface area contributed by atoms with Crippen molar-refractivity contribution in [2.24, 2.45) is 0 Å². The summed E-state index contributed by atoms with van der Waals surface area (Å²) in [5.41, 5.74) is 5.68. The van der Waals surface area contributed by atoms with Crippen molar-refractivity contribution in [1.29, 1.82) is 0 Å². The van der Waals surface area contributed by atoms with E-state index in [1.54, 1.807) is 14.2 Å². The van der Waals surface area contributed by atoms with E-state index in [-0.39, 0.29) is 11.9 Å². The zero-order chi connectivity index (χ0) is 21.7. The molecule has 0 saturated heterocycles. The summed E-state index contributed by atoms with van der Waals surface area (Å²) in [6, 6.07) is 10.3. The highest BCUT2D eigenvalue weighted by atomic mass is 16.7. The molecule has 1 aliphatic heterocycles. The average Bonchev–Trinajstić information content (AvgIpc) is 3.06. The zero-order valence-corrected chi connectivity index (χ0v) is 18.9. The van der Waals surface area contributed by atoms with E-state index in [2.05, 4.69) is 39.5 Å². The Morgan fingerprint density at radius 3 is 2.47 bits per heavy atom. The van der Waals surface area contributed by atoms with Crippen LogP contribution in [-0.4, -0.2) is 26.1 Å². The third kappa shape index (κ3) is 4.88. The van der Waals surface area contributed by atoms with Gasteiger partial charge in [-0.05, 0) is 44.7 Å². The largest absolute Gasteiger partial charge is 0.488 e. The summed E-state index contributed by atoms with van der Waals surface area (Å²) in [5, 5.41) is 0. The normalized spacial score (nSPS) is 14.5. The SMILES string of the molecule is C=CCc1c(CCC(OC)OC)c2c(c(C)c1OCc1ccccc1)CC(C)(C)O2. The fraction of sp³-hybridized carbons (Fsp3) is 0.462. The van der Waals surface area contributed by atoms with Crippen molar-refractivity contribution in [3.63, 3.8) is 0 Å². The van der Waals surface area contributed by atoms with Crippen LogP contribution in [0.25, 0.3) is 0 Å². The van der Waals surface area contributed by atoms with Gasteiger partial charge in [0.15, 0.2) is 6.29 Å². The van der Waals surface area contributed by atoms with Crippen LogP contribution in [0.15, 0.2) is 43.0 Å². The minimum Gasteiger partial charge on any atom is -0.488 e. The molecule has 0 fully saturated rings. The third-order valence-corrected chi connectivity index (χ3v) is 5.69. The van der Waals surface area contributed by atoms with Gasteiger partial charge in [-0.1, -0.05) is 36.4 Å². The first-order valence-electron chi connectivity index (χ1n) is 10.6. The predicted molar refractivity (Wildman–Crippen MR) is 120 cm³/mol. The van der Waals surface area contributed by atoms with Crippen LogP contribution in [0.5, 0.6) is 11.5 Å². The molecule has 30 heavy (non-hydrogen) atoms. The van der Waals surface area contributed by atoms with E-state index in [4.69, 9.17) is 18.9 Å². The molecule has 0 aromatic heterocycles. The second kappa shape index (κ2) is 9.67. The predicted octanol–water partition coefficient (Wildman–Crippen LogP) is 5.57. The highest BCUT2D eigenvalue weighted by molar-refractivity contribution is 5.61. The van der Waals surface area contributed by atoms with Crippen molar-refractivity contribution in [3.05, 3.63) is 70.8 Å². The number of ether oxygens (including phenoxy) is 4. The molecule has 0 aliphatic carbocycles.